The van der Waals surface area contributed by atoms with Crippen molar-refractivity contribution in [3.8, 4) is 0 Å². The van der Waals surface area contributed by atoms with Gasteiger partial charge < -0.3 is 5.11 Å². The quantitative estimate of drug-likeness (QED) is 0.842. The highest BCUT2D eigenvalue weighted by molar-refractivity contribution is 6.31. The van der Waals surface area contributed by atoms with E-state index in [-0.39, 0.29) is 0 Å². The SMILES string of the molecule is Cc1c(Cl)cccc1C(O)c1ccc(C2CCC2)cc1. The maximum absolute atomic E-state index is 10.5. The molecule has 0 aromatic heterocycles. The summed E-state index contributed by atoms with van der Waals surface area (Å²) in [4.78, 5) is 0. The van der Waals surface area contributed by atoms with Crippen molar-refractivity contribution in [1.29, 1.82) is 0 Å². The molecule has 0 aliphatic heterocycles. The predicted molar refractivity (Wildman–Crippen MR) is 83.3 cm³/mol. The van der Waals surface area contributed by atoms with E-state index in [0.717, 1.165) is 22.6 Å². The second kappa shape index (κ2) is 5.59. The lowest BCUT2D eigenvalue weighted by atomic mass is 9.80. The third-order valence-electron chi connectivity index (χ3n) is 4.43. The molecule has 1 aliphatic rings. The Balaban J connectivity index is 1.86. The van der Waals surface area contributed by atoms with E-state index < -0.39 is 6.10 Å². The number of aliphatic hydroxyl groups is 1. The van der Waals surface area contributed by atoms with Crippen LogP contribution in [-0.2, 0) is 0 Å². The Hall–Kier alpha value is -1.31. The molecule has 0 radical (unpaired) electrons. The summed E-state index contributed by atoms with van der Waals surface area (Å²) in [7, 11) is 0. The van der Waals surface area contributed by atoms with Crippen LogP contribution in [0.25, 0.3) is 0 Å². The summed E-state index contributed by atoms with van der Waals surface area (Å²) in [6.45, 7) is 1.95. The smallest absolute Gasteiger partial charge is 0.104 e. The minimum Gasteiger partial charge on any atom is -0.384 e. The van der Waals surface area contributed by atoms with Crippen LogP contribution in [0.1, 0.15) is 53.5 Å². The fourth-order valence-electron chi connectivity index (χ4n) is 2.79. The van der Waals surface area contributed by atoms with Gasteiger partial charge in [0.1, 0.15) is 6.10 Å². The van der Waals surface area contributed by atoms with Gasteiger partial charge in [-0.25, -0.2) is 0 Å². The van der Waals surface area contributed by atoms with E-state index in [2.05, 4.69) is 12.1 Å². The van der Waals surface area contributed by atoms with Gasteiger partial charge in [-0.1, -0.05) is 54.4 Å². The molecule has 1 atom stereocenters. The molecule has 20 heavy (non-hydrogen) atoms. The second-order valence-electron chi connectivity index (χ2n) is 5.65. The molecule has 1 saturated carbocycles. The molecule has 0 amide bonds. The van der Waals surface area contributed by atoms with Gasteiger partial charge in [0.2, 0.25) is 0 Å². The zero-order chi connectivity index (χ0) is 14.1. The van der Waals surface area contributed by atoms with E-state index in [1.165, 1.54) is 24.8 Å². The molecular weight excluding hydrogens is 268 g/mol. The molecule has 104 valence electrons. The first-order chi connectivity index (χ1) is 9.66. The molecule has 0 spiro atoms. The molecule has 0 heterocycles. The van der Waals surface area contributed by atoms with Gasteiger partial charge in [-0.15, -0.1) is 0 Å². The summed E-state index contributed by atoms with van der Waals surface area (Å²) < 4.78 is 0. The Bertz CT molecular complexity index is 599. The van der Waals surface area contributed by atoms with Crippen molar-refractivity contribution in [3.63, 3.8) is 0 Å². The molecule has 1 N–H and O–H groups in total. The molecule has 1 fully saturated rings. The normalized spacial score (nSPS) is 16.8. The number of hydrogen-bond donors (Lipinski definition) is 1. The summed E-state index contributed by atoms with van der Waals surface area (Å²) in [5, 5.41) is 11.2. The molecule has 1 aliphatic carbocycles. The molecule has 3 rings (SSSR count). The second-order valence-corrected chi connectivity index (χ2v) is 6.06. The Labute approximate surface area is 125 Å². The van der Waals surface area contributed by atoms with Crippen LogP contribution in [0.15, 0.2) is 42.5 Å². The summed E-state index contributed by atoms with van der Waals surface area (Å²) in [5.41, 5.74) is 4.16. The third-order valence-corrected chi connectivity index (χ3v) is 4.84. The lowest BCUT2D eigenvalue weighted by Crippen LogP contribution is -2.09. The lowest BCUT2D eigenvalue weighted by molar-refractivity contribution is 0.219. The third kappa shape index (κ3) is 2.48. The topological polar surface area (TPSA) is 20.2 Å². The minimum absolute atomic E-state index is 0.607. The van der Waals surface area contributed by atoms with Crippen molar-refractivity contribution < 1.29 is 5.11 Å². The van der Waals surface area contributed by atoms with Gasteiger partial charge >= 0.3 is 0 Å². The first kappa shape index (κ1) is 13.7. The molecule has 2 heteroatoms. The molecule has 1 unspecified atom stereocenters. The predicted octanol–water partition coefficient (Wildman–Crippen LogP) is 5.00. The van der Waals surface area contributed by atoms with E-state index in [1.807, 2.05) is 37.3 Å². The van der Waals surface area contributed by atoms with Crippen molar-refractivity contribution in [2.24, 2.45) is 0 Å². The highest BCUT2D eigenvalue weighted by atomic mass is 35.5. The van der Waals surface area contributed by atoms with Crippen LogP contribution in [0.4, 0.5) is 0 Å². The molecular formula is C18H19ClO. The summed E-state index contributed by atoms with van der Waals surface area (Å²) in [5.74, 6) is 0.731. The van der Waals surface area contributed by atoms with Crippen LogP contribution in [0.5, 0.6) is 0 Å². The zero-order valence-electron chi connectivity index (χ0n) is 11.6. The number of aliphatic hydroxyl groups excluding tert-OH is 1. The van der Waals surface area contributed by atoms with E-state index >= 15 is 0 Å². The van der Waals surface area contributed by atoms with Crippen LogP contribution in [-0.4, -0.2) is 5.11 Å². The highest BCUT2D eigenvalue weighted by Gasteiger charge is 2.20. The van der Waals surface area contributed by atoms with Crippen LogP contribution in [0, 0.1) is 6.92 Å². The van der Waals surface area contributed by atoms with Crippen molar-refractivity contribution in [2.45, 2.75) is 38.2 Å². The Morgan fingerprint density at radius 1 is 1.10 bits per heavy atom. The van der Waals surface area contributed by atoms with Crippen LogP contribution in [0.3, 0.4) is 0 Å². The van der Waals surface area contributed by atoms with Crippen molar-refractivity contribution in [1.82, 2.24) is 0 Å². The highest BCUT2D eigenvalue weighted by Crippen LogP contribution is 2.37. The Morgan fingerprint density at radius 2 is 1.80 bits per heavy atom. The molecule has 1 nitrogen and oxygen atoms in total. The molecule has 2 aromatic rings. The molecule has 0 bridgehead atoms. The average molecular weight is 287 g/mol. The number of rotatable bonds is 3. The van der Waals surface area contributed by atoms with Crippen LogP contribution < -0.4 is 0 Å². The summed E-state index contributed by atoms with van der Waals surface area (Å²) in [6, 6.07) is 14.1. The Kier molecular flexibility index (Phi) is 3.82. The maximum Gasteiger partial charge on any atom is 0.104 e. The largest absolute Gasteiger partial charge is 0.384 e. The number of halogens is 1. The van der Waals surface area contributed by atoms with Crippen molar-refractivity contribution >= 4 is 11.6 Å². The van der Waals surface area contributed by atoms with Gasteiger partial charge in [0.05, 0.1) is 0 Å². The van der Waals surface area contributed by atoms with Crippen molar-refractivity contribution in [3.05, 3.63) is 69.7 Å². The number of hydrogen-bond acceptors (Lipinski definition) is 1. The van der Waals surface area contributed by atoms with Gasteiger partial charge in [-0.3, -0.25) is 0 Å². The van der Waals surface area contributed by atoms with Crippen LogP contribution >= 0.6 is 11.6 Å². The average Bonchev–Trinajstić information content (AvgIpc) is 2.40. The van der Waals surface area contributed by atoms with Gasteiger partial charge in [-0.05, 0) is 54.0 Å². The maximum atomic E-state index is 10.5. The fourth-order valence-corrected chi connectivity index (χ4v) is 2.97. The first-order valence-electron chi connectivity index (χ1n) is 7.20. The van der Waals surface area contributed by atoms with Gasteiger partial charge in [0.25, 0.3) is 0 Å². The van der Waals surface area contributed by atoms with Gasteiger partial charge in [0, 0.05) is 5.02 Å². The van der Waals surface area contributed by atoms with E-state index in [4.69, 9.17) is 11.6 Å². The minimum atomic E-state index is -0.607. The number of benzene rings is 2. The van der Waals surface area contributed by atoms with Gasteiger partial charge in [0.15, 0.2) is 0 Å². The van der Waals surface area contributed by atoms with E-state index in [9.17, 15) is 5.11 Å². The molecule has 2 aromatic carbocycles. The Morgan fingerprint density at radius 3 is 2.40 bits per heavy atom. The summed E-state index contributed by atoms with van der Waals surface area (Å²) in [6.07, 6.45) is 3.34. The first-order valence-corrected chi connectivity index (χ1v) is 7.57. The fraction of sp³-hybridized carbons (Fsp3) is 0.333. The van der Waals surface area contributed by atoms with Gasteiger partial charge in [-0.2, -0.15) is 0 Å². The zero-order valence-corrected chi connectivity index (χ0v) is 12.4. The molecule has 0 saturated heterocycles. The van der Waals surface area contributed by atoms with E-state index in [0.29, 0.717) is 5.02 Å². The van der Waals surface area contributed by atoms with Crippen molar-refractivity contribution in [2.75, 3.05) is 0 Å². The summed E-state index contributed by atoms with van der Waals surface area (Å²) >= 11 is 6.13. The lowest BCUT2D eigenvalue weighted by Gasteiger charge is -2.26. The van der Waals surface area contributed by atoms with E-state index in [1.54, 1.807) is 0 Å². The monoisotopic (exact) mass is 286 g/mol. The van der Waals surface area contributed by atoms with Crippen LogP contribution in [0.2, 0.25) is 5.02 Å². The standard InChI is InChI=1S/C18H19ClO/c1-12-16(6-3-7-17(12)19)18(20)15-10-8-14(9-11-15)13-4-2-5-13/h3,6-11,13,18,20H,2,4-5H2,1H3.